The van der Waals surface area contributed by atoms with Gasteiger partial charge < -0.3 is 19.5 Å². The van der Waals surface area contributed by atoms with Gasteiger partial charge in [-0.15, -0.1) is 0 Å². The summed E-state index contributed by atoms with van der Waals surface area (Å²) in [5.74, 6) is -0.802. The molecule has 0 radical (unpaired) electrons. The number of benzene rings is 2. The monoisotopic (exact) mass is 437 g/mol. The van der Waals surface area contributed by atoms with Crippen LogP contribution < -0.4 is 4.74 Å². The van der Waals surface area contributed by atoms with Gasteiger partial charge in [0, 0.05) is 19.2 Å². The van der Waals surface area contributed by atoms with E-state index in [1.54, 1.807) is 25.3 Å². The van der Waals surface area contributed by atoms with E-state index in [-0.39, 0.29) is 30.6 Å². The van der Waals surface area contributed by atoms with E-state index < -0.39 is 17.7 Å². The summed E-state index contributed by atoms with van der Waals surface area (Å²) in [5.41, 5.74) is 3.32. The maximum Gasteiger partial charge on any atom is 0.295 e. The number of aryl methyl sites for hydroxylation is 2. The third-order valence-corrected chi connectivity index (χ3v) is 5.59. The average molecular weight is 438 g/mol. The second-order valence-electron chi connectivity index (χ2n) is 8.23. The van der Waals surface area contributed by atoms with Crippen molar-refractivity contribution in [2.75, 3.05) is 20.3 Å². The van der Waals surface area contributed by atoms with E-state index in [9.17, 15) is 14.7 Å². The number of hydrogen-bond donors (Lipinski definition) is 1. The van der Waals surface area contributed by atoms with Gasteiger partial charge in [-0.3, -0.25) is 9.59 Å². The van der Waals surface area contributed by atoms with Crippen LogP contribution in [0.5, 0.6) is 5.75 Å². The van der Waals surface area contributed by atoms with Crippen molar-refractivity contribution < 1.29 is 24.2 Å². The van der Waals surface area contributed by atoms with Crippen LogP contribution in [0.3, 0.4) is 0 Å². The molecule has 1 aliphatic rings. The summed E-state index contributed by atoms with van der Waals surface area (Å²) in [6, 6.07) is 12.4. The van der Waals surface area contributed by atoms with E-state index >= 15 is 0 Å². The molecule has 32 heavy (non-hydrogen) atoms. The van der Waals surface area contributed by atoms with Gasteiger partial charge in [-0.05, 0) is 62.1 Å². The molecule has 2 aromatic rings. The molecule has 170 valence electrons. The molecule has 0 aromatic heterocycles. The molecule has 1 N–H and O–H groups in total. The molecule has 0 bridgehead atoms. The van der Waals surface area contributed by atoms with Gasteiger partial charge >= 0.3 is 0 Å². The molecule has 1 aliphatic heterocycles. The first kappa shape index (κ1) is 23.5. The Hall–Kier alpha value is -3.12. The van der Waals surface area contributed by atoms with Crippen LogP contribution in [-0.4, -0.2) is 48.1 Å². The topological polar surface area (TPSA) is 76.1 Å². The zero-order valence-corrected chi connectivity index (χ0v) is 19.3. The fraction of sp³-hybridized carbons (Fsp3) is 0.385. The molecule has 1 heterocycles. The van der Waals surface area contributed by atoms with Crippen LogP contribution in [0.15, 0.2) is 48.0 Å². The number of Topliss-reactive ketones (excluding diaryl/α,β-unsaturated/α-hetero) is 1. The minimum absolute atomic E-state index is 0.0188. The van der Waals surface area contributed by atoms with Crippen molar-refractivity contribution in [2.24, 2.45) is 0 Å². The van der Waals surface area contributed by atoms with Crippen molar-refractivity contribution in [3.05, 3.63) is 70.3 Å². The fourth-order valence-corrected chi connectivity index (χ4v) is 3.92. The number of ether oxygens (including phenoxy) is 2. The lowest BCUT2D eigenvalue weighted by Gasteiger charge is -2.25. The fourth-order valence-electron chi connectivity index (χ4n) is 3.92. The SMILES string of the molecule is CCc1ccc(C2/C(=C(\O)c3ccc(OC(C)C)c(C)c3)C(=O)C(=O)N2CCOC)cc1. The van der Waals surface area contributed by atoms with Crippen molar-refractivity contribution >= 4 is 17.4 Å². The molecular weight excluding hydrogens is 406 g/mol. The molecule has 2 aromatic carbocycles. The lowest BCUT2D eigenvalue weighted by atomic mass is 9.94. The number of likely N-dealkylation sites (tertiary alicyclic amines) is 1. The van der Waals surface area contributed by atoms with Gasteiger partial charge in [0.1, 0.15) is 11.5 Å². The number of rotatable bonds is 8. The Balaban J connectivity index is 2.11. The first-order valence-electron chi connectivity index (χ1n) is 10.9. The average Bonchev–Trinajstić information content (AvgIpc) is 3.03. The highest BCUT2D eigenvalue weighted by molar-refractivity contribution is 6.46. The third-order valence-electron chi connectivity index (χ3n) is 5.59. The van der Waals surface area contributed by atoms with Gasteiger partial charge in [0.25, 0.3) is 11.7 Å². The van der Waals surface area contributed by atoms with Crippen LogP contribution in [0.25, 0.3) is 5.76 Å². The van der Waals surface area contributed by atoms with Crippen molar-refractivity contribution in [1.82, 2.24) is 4.90 Å². The van der Waals surface area contributed by atoms with Crippen molar-refractivity contribution in [3.63, 3.8) is 0 Å². The third kappa shape index (κ3) is 4.70. The minimum atomic E-state index is -0.691. The summed E-state index contributed by atoms with van der Waals surface area (Å²) in [5, 5.41) is 11.2. The Bertz CT molecular complexity index is 1020. The lowest BCUT2D eigenvalue weighted by molar-refractivity contribution is -0.140. The maximum atomic E-state index is 13.0. The normalized spacial score (nSPS) is 17.9. The molecule has 1 saturated heterocycles. The van der Waals surface area contributed by atoms with Crippen LogP contribution in [0.1, 0.15) is 49.1 Å². The Kier molecular flexibility index (Phi) is 7.36. The molecule has 3 rings (SSSR count). The largest absolute Gasteiger partial charge is 0.507 e. The number of aliphatic hydroxyl groups excluding tert-OH is 1. The van der Waals surface area contributed by atoms with Crippen LogP contribution in [-0.2, 0) is 20.7 Å². The number of amides is 1. The molecule has 1 amide bonds. The number of aliphatic hydroxyl groups is 1. The Morgan fingerprint density at radius 1 is 1.12 bits per heavy atom. The minimum Gasteiger partial charge on any atom is -0.507 e. The smallest absolute Gasteiger partial charge is 0.295 e. The van der Waals surface area contributed by atoms with Gasteiger partial charge in [-0.25, -0.2) is 0 Å². The molecular formula is C26H31NO5. The van der Waals surface area contributed by atoms with Gasteiger partial charge in [0.05, 0.1) is 24.3 Å². The number of carbonyl (C=O) groups excluding carboxylic acids is 2. The molecule has 1 atom stereocenters. The number of carbonyl (C=O) groups is 2. The second-order valence-corrected chi connectivity index (χ2v) is 8.23. The van der Waals surface area contributed by atoms with Crippen LogP contribution >= 0.6 is 0 Å². The quantitative estimate of drug-likeness (QED) is 0.376. The summed E-state index contributed by atoms with van der Waals surface area (Å²) < 4.78 is 10.9. The molecule has 0 saturated carbocycles. The zero-order valence-electron chi connectivity index (χ0n) is 19.3. The maximum absolute atomic E-state index is 13.0. The van der Waals surface area contributed by atoms with Crippen molar-refractivity contribution in [3.8, 4) is 5.75 Å². The summed E-state index contributed by atoms with van der Waals surface area (Å²) in [7, 11) is 1.55. The van der Waals surface area contributed by atoms with E-state index in [1.807, 2.05) is 45.0 Å². The second kappa shape index (κ2) is 10.0. The molecule has 6 heteroatoms. The first-order chi connectivity index (χ1) is 15.3. The van der Waals surface area contributed by atoms with E-state index in [0.717, 1.165) is 23.1 Å². The highest BCUT2D eigenvalue weighted by atomic mass is 16.5. The summed E-state index contributed by atoms with van der Waals surface area (Å²) >= 11 is 0. The van der Waals surface area contributed by atoms with Crippen LogP contribution in [0.4, 0.5) is 0 Å². The standard InChI is InChI=1S/C26H31NO5/c1-6-18-7-9-19(10-8-18)23-22(25(29)26(30)27(23)13-14-31-5)24(28)20-11-12-21(17(4)15-20)32-16(2)3/h7-12,15-16,23,28H,6,13-14H2,1-5H3/b24-22+. The van der Waals surface area contributed by atoms with Gasteiger partial charge in [0.2, 0.25) is 0 Å². The van der Waals surface area contributed by atoms with Crippen LogP contribution in [0.2, 0.25) is 0 Å². The van der Waals surface area contributed by atoms with E-state index in [2.05, 4.69) is 6.92 Å². The predicted octanol–water partition coefficient (Wildman–Crippen LogP) is 4.41. The molecule has 1 fully saturated rings. The zero-order chi connectivity index (χ0) is 23.4. The Morgan fingerprint density at radius 3 is 2.38 bits per heavy atom. The van der Waals surface area contributed by atoms with Gasteiger partial charge in [0.15, 0.2) is 0 Å². The summed E-state index contributed by atoms with van der Waals surface area (Å²) in [6.45, 7) is 8.37. The van der Waals surface area contributed by atoms with Gasteiger partial charge in [-0.1, -0.05) is 31.2 Å². The Morgan fingerprint density at radius 2 is 1.81 bits per heavy atom. The molecule has 6 nitrogen and oxygen atoms in total. The van der Waals surface area contributed by atoms with E-state index in [4.69, 9.17) is 9.47 Å². The molecule has 1 unspecified atom stereocenters. The Labute approximate surface area is 189 Å². The van der Waals surface area contributed by atoms with Crippen molar-refractivity contribution in [2.45, 2.75) is 46.3 Å². The summed E-state index contributed by atoms with van der Waals surface area (Å²) in [6.07, 6.45) is 0.902. The van der Waals surface area contributed by atoms with Crippen molar-refractivity contribution in [1.29, 1.82) is 0 Å². The lowest BCUT2D eigenvalue weighted by Crippen LogP contribution is -2.32. The van der Waals surface area contributed by atoms with E-state index in [0.29, 0.717) is 11.3 Å². The molecule has 0 spiro atoms. The number of nitrogens with zero attached hydrogens (tertiary/aromatic N) is 1. The van der Waals surface area contributed by atoms with Crippen LogP contribution in [0, 0.1) is 6.92 Å². The summed E-state index contributed by atoms with van der Waals surface area (Å²) in [4.78, 5) is 27.4. The highest BCUT2D eigenvalue weighted by Crippen LogP contribution is 2.39. The predicted molar refractivity (Wildman–Crippen MR) is 124 cm³/mol. The number of methoxy groups -OCH3 is 1. The van der Waals surface area contributed by atoms with Gasteiger partial charge in [-0.2, -0.15) is 0 Å². The molecule has 0 aliphatic carbocycles. The van der Waals surface area contributed by atoms with E-state index in [1.165, 1.54) is 4.90 Å². The number of ketones is 1. The highest BCUT2D eigenvalue weighted by Gasteiger charge is 2.45. The first-order valence-corrected chi connectivity index (χ1v) is 10.9. The number of hydrogen-bond acceptors (Lipinski definition) is 5.